The van der Waals surface area contributed by atoms with E-state index in [-0.39, 0.29) is 4.48 Å². The molecule has 4 nitrogen and oxygen atoms in total. The Morgan fingerprint density at radius 2 is 1.00 bits per heavy atom. The molecule has 0 fully saturated rings. The Labute approximate surface area is 157 Å². The molecule has 0 N–H and O–H groups in total. The van der Waals surface area contributed by atoms with Gasteiger partial charge in [-0.05, 0) is 6.42 Å². The molecule has 0 spiro atoms. The Morgan fingerprint density at radius 3 is 1.28 bits per heavy atom. The quantitative estimate of drug-likeness (QED) is 0.193. The van der Waals surface area contributed by atoms with E-state index in [4.69, 9.17) is 0 Å². The third-order valence-corrected chi connectivity index (χ3v) is 6.54. The Balaban J connectivity index is 3.50. The van der Waals surface area contributed by atoms with Crippen molar-refractivity contribution in [2.45, 2.75) is 109 Å². The van der Waals surface area contributed by atoms with Gasteiger partial charge in [0.1, 0.15) is 10.1 Å². The summed E-state index contributed by atoms with van der Waals surface area (Å²) < 4.78 is 34.3. The maximum absolute atomic E-state index is 11.4. The highest BCUT2D eigenvalue weighted by Gasteiger charge is 2.29. The maximum Gasteiger partial charge on any atom is 0.178 e. The van der Waals surface area contributed by atoms with Gasteiger partial charge in [0.15, 0.2) is 5.37 Å². The minimum atomic E-state index is -4.22. The summed E-state index contributed by atoms with van der Waals surface area (Å²) in [4.78, 5) is 0. The second-order valence-corrected chi connectivity index (χ2v) is 9.98. The molecule has 0 amide bonds. The number of rotatable bonds is 17. The number of hydrogen-bond donors (Lipinski definition) is 0. The molecule has 0 heterocycles. The van der Waals surface area contributed by atoms with Crippen molar-refractivity contribution >= 4 is 10.1 Å². The van der Waals surface area contributed by atoms with Crippen molar-refractivity contribution in [3.8, 4) is 0 Å². The first-order valence-corrected chi connectivity index (χ1v) is 11.9. The summed E-state index contributed by atoms with van der Waals surface area (Å²) in [5.41, 5.74) is 0. The lowest BCUT2D eigenvalue weighted by Crippen LogP contribution is -2.49. The molecule has 0 aromatic rings. The van der Waals surface area contributed by atoms with Crippen LogP contribution in [0.5, 0.6) is 0 Å². The summed E-state index contributed by atoms with van der Waals surface area (Å²) in [6, 6.07) is 0. The zero-order valence-electron chi connectivity index (χ0n) is 17.3. The van der Waals surface area contributed by atoms with Gasteiger partial charge in [0, 0.05) is 6.42 Å². The smallest absolute Gasteiger partial charge is 0.178 e. The van der Waals surface area contributed by atoms with Crippen molar-refractivity contribution in [1.29, 1.82) is 0 Å². The molecular formula is C20H43NO3S. The predicted octanol–water partition coefficient (Wildman–Crippen LogP) is 5.44. The van der Waals surface area contributed by atoms with Crippen molar-refractivity contribution < 1.29 is 17.5 Å². The molecular weight excluding hydrogens is 334 g/mol. The first-order valence-electron chi connectivity index (χ1n) is 10.5. The van der Waals surface area contributed by atoms with Gasteiger partial charge in [-0.2, -0.15) is 0 Å². The van der Waals surface area contributed by atoms with Crippen molar-refractivity contribution in [2.75, 3.05) is 21.1 Å². The monoisotopic (exact) mass is 377 g/mol. The highest BCUT2D eigenvalue weighted by molar-refractivity contribution is 7.86. The van der Waals surface area contributed by atoms with E-state index in [1.807, 2.05) is 0 Å². The van der Waals surface area contributed by atoms with Crippen LogP contribution in [-0.2, 0) is 10.1 Å². The maximum atomic E-state index is 11.4. The van der Waals surface area contributed by atoms with Crippen molar-refractivity contribution in [3.63, 3.8) is 0 Å². The minimum Gasteiger partial charge on any atom is -0.743 e. The third kappa shape index (κ3) is 14.7. The van der Waals surface area contributed by atoms with Crippen LogP contribution in [0, 0.1) is 0 Å². The molecule has 0 saturated heterocycles. The summed E-state index contributed by atoms with van der Waals surface area (Å²) in [6.07, 6.45) is 18.4. The molecule has 0 aliphatic heterocycles. The molecule has 25 heavy (non-hydrogen) atoms. The van der Waals surface area contributed by atoms with E-state index in [0.717, 1.165) is 19.3 Å². The number of nitrogens with zero attached hydrogens (tertiary/aromatic N) is 1. The van der Waals surface area contributed by atoms with Crippen LogP contribution in [0.3, 0.4) is 0 Å². The van der Waals surface area contributed by atoms with Crippen LogP contribution in [0.1, 0.15) is 103 Å². The molecule has 0 saturated carbocycles. The Hall–Kier alpha value is -0.130. The average molecular weight is 378 g/mol. The van der Waals surface area contributed by atoms with Crippen LogP contribution < -0.4 is 0 Å². The SMILES string of the molecule is CCCCCCCCCCCCCCCCC([N+](C)(C)C)S(=O)(=O)[O-]. The van der Waals surface area contributed by atoms with Gasteiger partial charge in [-0.1, -0.05) is 90.4 Å². The van der Waals surface area contributed by atoms with Crippen LogP contribution in [-0.4, -0.2) is 44.0 Å². The summed E-state index contributed by atoms with van der Waals surface area (Å²) >= 11 is 0. The normalized spacial score (nSPS) is 14.0. The first kappa shape index (κ1) is 24.9. The Bertz CT molecular complexity index is 402. The molecule has 0 radical (unpaired) electrons. The first-order chi connectivity index (χ1) is 11.7. The van der Waals surface area contributed by atoms with Crippen LogP contribution >= 0.6 is 0 Å². The van der Waals surface area contributed by atoms with Gasteiger partial charge in [0.05, 0.1) is 21.1 Å². The molecule has 0 bridgehead atoms. The van der Waals surface area contributed by atoms with Crippen LogP contribution in [0.15, 0.2) is 0 Å². The van der Waals surface area contributed by atoms with Crippen molar-refractivity contribution in [2.24, 2.45) is 0 Å². The van der Waals surface area contributed by atoms with E-state index >= 15 is 0 Å². The zero-order valence-corrected chi connectivity index (χ0v) is 18.1. The lowest BCUT2D eigenvalue weighted by molar-refractivity contribution is -0.882. The Morgan fingerprint density at radius 1 is 0.680 bits per heavy atom. The number of hydrogen-bond acceptors (Lipinski definition) is 3. The van der Waals surface area contributed by atoms with Crippen molar-refractivity contribution in [1.82, 2.24) is 0 Å². The fourth-order valence-corrected chi connectivity index (χ4v) is 4.66. The van der Waals surface area contributed by atoms with Gasteiger partial charge < -0.3 is 9.04 Å². The number of quaternary nitrogens is 1. The van der Waals surface area contributed by atoms with Crippen LogP contribution in [0.4, 0.5) is 0 Å². The molecule has 0 aromatic carbocycles. The predicted molar refractivity (Wildman–Crippen MR) is 106 cm³/mol. The molecule has 0 aliphatic carbocycles. The summed E-state index contributed by atoms with van der Waals surface area (Å²) in [7, 11) is 1.13. The average Bonchev–Trinajstić information content (AvgIpc) is 2.48. The zero-order chi connectivity index (χ0) is 19.2. The fourth-order valence-electron chi connectivity index (χ4n) is 3.43. The lowest BCUT2D eigenvalue weighted by atomic mass is 10.0. The highest BCUT2D eigenvalue weighted by atomic mass is 32.2. The molecule has 1 atom stereocenters. The van der Waals surface area contributed by atoms with Gasteiger partial charge in [-0.25, -0.2) is 8.42 Å². The molecule has 0 aromatic heterocycles. The van der Waals surface area contributed by atoms with E-state index < -0.39 is 15.5 Å². The van der Waals surface area contributed by atoms with Gasteiger partial charge >= 0.3 is 0 Å². The number of unbranched alkanes of at least 4 members (excludes halogenated alkanes) is 13. The summed E-state index contributed by atoms with van der Waals surface area (Å²) in [6.45, 7) is 2.26. The molecule has 0 aliphatic rings. The second kappa shape index (κ2) is 14.0. The van der Waals surface area contributed by atoms with Gasteiger partial charge in [0.2, 0.25) is 0 Å². The summed E-state index contributed by atoms with van der Waals surface area (Å²) in [5, 5.41) is -0.815. The lowest BCUT2D eigenvalue weighted by Gasteiger charge is -2.35. The minimum absolute atomic E-state index is 0.199. The topological polar surface area (TPSA) is 57.2 Å². The Kier molecular flexibility index (Phi) is 13.9. The molecule has 1 unspecified atom stereocenters. The summed E-state index contributed by atoms with van der Waals surface area (Å²) in [5.74, 6) is 0. The van der Waals surface area contributed by atoms with E-state index in [0.29, 0.717) is 6.42 Å². The van der Waals surface area contributed by atoms with E-state index in [9.17, 15) is 13.0 Å². The molecule has 5 heteroatoms. The van der Waals surface area contributed by atoms with Crippen LogP contribution in [0.25, 0.3) is 0 Å². The molecule has 152 valence electrons. The fraction of sp³-hybridized carbons (Fsp3) is 1.00. The van der Waals surface area contributed by atoms with Crippen molar-refractivity contribution in [3.05, 3.63) is 0 Å². The van der Waals surface area contributed by atoms with E-state index in [2.05, 4.69) is 6.92 Å². The highest BCUT2D eigenvalue weighted by Crippen LogP contribution is 2.19. The van der Waals surface area contributed by atoms with E-state index in [1.165, 1.54) is 70.6 Å². The third-order valence-electron chi connectivity index (χ3n) is 5.00. The van der Waals surface area contributed by atoms with Gasteiger partial charge in [-0.3, -0.25) is 0 Å². The van der Waals surface area contributed by atoms with Crippen LogP contribution in [0.2, 0.25) is 0 Å². The standard InChI is InChI=1S/C20H43NO3S/c1-5-6-7-8-9-10-11-12-13-14-15-16-17-18-19-20(21(2,3)4)25(22,23)24/h20H,5-19H2,1-4H3. The largest absolute Gasteiger partial charge is 0.743 e. The second-order valence-electron chi connectivity index (χ2n) is 8.45. The van der Waals surface area contributed by atoms with E-state index in [1.54, 1.807) is 21.1 Å². The molecule has 0 rings (SSSR count). The van der Waals surface area contributed by atoms with Gasteiger partial charge in [-0.15, -0.1) is 0 Å². The van der Waals surface area contributed by atoms with Gasteiger partial charge in [0.25, 0.3) is 0 Å².